The lowest BCUT2D eigenvalue weighted by atomic mass is 9.93. The van der Waals surface area contributed by atoms with E-state index < -0.39 is 5.82 Å². The highest BCUT2D eigenvalue weighted by molar-refractivity contribution is 5.95. The summed E-state index contributed by atoms with van der Waals surface area (Å²) in [5.41, 5.74) is 2.73. The number of carbonyl (C=O) groups excluding carboxylic acids is 1. The largest absolute Gasteiger partial charge is 0.332 e. The fourth-order valence-electron chi connectivity index (χ4n) is 3.68. The van der Waals surface area contributed by atoms with Gasteiger partial charge in [-0.15, -0.1) is 0 Å². The van der Waals surface area contributed by atoms with E-state index in [9.17, 15) is 9.18 Å². The lowest BCUT2D eigenvalue weighted by Crippen LogP contribution is -2.38. The minimum atomic E-state index is -0.556. The van der Waals surface area contributed by atoms with Crippen molar-refractivity contribution >= 4 is 5.91 Å². The third kappa shape index (κ3) is 4.53. The molecule has 1 amide bonds. The Morgan fingerprint density at radius 1 is 1.22 bits per heavy atom. The van der Waals surface area contributed by atoms with Gasteiger partial charge in [-0.25, -0.2) is 4.39 Å². The number of hydrogen-bond donors (Lipinski definition) is 0. The first-order chi connectivity index (χ1) is 13.0. The van der Waals surface area contributed by atoms with Crippen molar-refractivity contribution in [3.8, 4) is 6.07 Å². The third-order valence-electron chi connectivity index (χ3n) is 4.90. The molecule has 0 aromatic heterocycles. The lowest BCUT2D eigenvalue weighted by Gasteiger charge is -2.36. The maximum Gasteiger partial charge on any atom is 0.254 e. The summed E-state index contributed by atoms with van der Waals surface area (Å²) < 4.78 is 13.8. The highest BCUT2D eigenvalue weighted by Gasteiger charge is 2.29. The minimum Gasteiger partial charge on any atom is -0.332 e. The molecular formula is C22H24FN3O. The van der Waals surface area contributed by atoms with E-state index in [0.717, 1.165) is 37.4 Å². The molecule has 1 saturated heterocycles. The molecule has 1 aliphatic rings. The molecule has 1 heterocycles. The molecule has 1 atom stereocenters. The van der Waals surface area contributed by atoms with Crippen LogP contribution in [0, 0.1) is 17.1 Å². The van der Waals surface area contributed by atoms with Gasteiger partial charge in [0.05, 0.1) is 17.7 Å². The first kappa shape index (κ1) is 19.1. The summed E-state index contributed by atoms with van der Waals surface area (Å²) >= 11 is 0. The summed E-state index contributed by atoms with van der Waals surface area (Å²) in [6.07, 6.45) is 2.88. The molecule has 0 bridgehead atoms. The van der Waals surface area contributed by atoms with Gasteiger partial charge in [-0.2, -0.15) is 5.26 Å². The average Bonchev–Trinajstić information content (AvgIpc) is 2.67. The minimum absolute atomic E-state index is 0.0199. The van der Waals surface area contributed by atoms with E-state index in [2.05, 4.69) is 29.2 Å². The molecule has 3 rings (SSSR count). The summed E-state index contributed by atoms with van der Waals surface area (Å²) in [6.45, 7) is 1.51. The van der Waals surface area contributed by atoms with E-state index >= 15 is 0 Å². The molecule has 1 aliphatic heterocycles. The zero-order valence-electron chi connectivity index (χ0n) is 15.8. The molecule has 0 saturated carbocycles. The van der Waals surface area contributed by atoms with Crippen LogP contribution in [0.2, 0.25) is 0 Å². The Morgan fingerprint density at radius 2 is 1.96 bits per heavy atom. The van der Waals surface area contributed by atoms with Crippen molar-refractivity contribution in [1.82, 2.24) is 9.80 Å². The van der Waals surface area contributed by atoms with E-state index in [-0.39, 0.29) is 23.1 Å². The van der Waals surface area contributed by atoms with E-state index in [1.807, 2.05) is 25.1 Å². The molecule has 2 aromatic rings. The first-order valence-corrected chi connectivity index (χ1v) is 9.23. The van der Waals surface area contributed by atoms with Gasteiger partial charge < -0.3 is 9.80 Å². The SMILES string of the molecule is CN(C)Cc1ccc([C@H]2CCCCN2C(=O)c2cc(F)cc(C#N)c2)cc1. The fourth-order valence-corrected chi connectivity index (χ4v) is 3.68. The van der Waals surface area contributed by atoms with Crippen LogP contribution in [0.15, 0.2) is 42.5 Å². The van der Waals surface area contributed by atoms with Crippen molar-refractivity contribution < 1.29 is 9.18 Å². The van der Waals surface area contributed by atoms with Crippen molar-refractivity contribution in [2.24, 2.45) is 0 Å². The fraction of sp³-hybridized carbons (Fsp3) is 0.364. The van der Waals surface area contributed by atoms with Gasteiger partial charge in [0.25, 0.3) is 5.91 Å². The van der Waals surface area contributed by atoms with E-state index in [0.29, 0.717) is 6.54 Å². The molecule has 140 valence electrons. The quantitative estimate of drug-likeness (QED) is 0.819. The van der Waals surface area contributed by atoms with E-state index in [1.165, 1.54) is 17.7 Å². The molecule has 27 heavy (non-hydrogen) atoms. The molecule has 5 heteroatoms. The van der Waals surface area contributed by atoms with Crippen LogP contribution in [-0.2, 0) is 6.54 Å². The Labute approximate surface area is 159 Å². The van der Waals surface area contributed by atoms with Gasteiger partial charge in [0, 0.05) is 18.7 Å². The number of rotatable bonds is 4. The van der Waals surface area contributed by atoms with Crippen LogP contribution in [0.25, 0.3) is 0 Å². The number of likely N-dealkylation sites (tertiary alicyclic amines) is 1. The van der Waals surface area contributed by atoms with Crippen LogP contribution < -0.4 is 0 Å². The number of amides is 1. The van der Waals surface area contributed by atoms with E-state index in [1.54, 1.807) is 0 Å². The molecule has 0 unspecified atom stereocenters. The van der Waals surface area contributed by atoms with Crippen molar-refractivity contribution in [1.29, 1.82) is 5.26 Å². The van der Waals surface area contributed by atoms with E-state index in [4.69, 9.17) is 5.26 Å². The number of nitrogens with zero attached hydrogens (tertiary/aromatic N) is 3. The normalized spacial score (nSPS) is 17.0. The zero-order valence-corrected chi connectivity index (χ0v) is 15.8. The predicted molar refractivity (Wildman–Crippen MR) is 103 cm³/mol. The van der Waals surface area contributed by atoms with Gasteiger partial charge in [0.1, 0.15) is 5.82 Å². The Bertz CT molecular complexity index is 855. The van der Waals surface area contributed by atoms with Crippen LogP contribution in [0.5, 0.6) is 0 Å². The molecule has 1 fully saturated rings. The van der Waals surface area contributed by atoms with Gasteiger partial charge in [0.2, 0.25) is 0 Å². The second kappa shape index (κ2) is 8.32. The van der Waals surface area contributed by atoms with Crippen LogP contribution in [-0.4, -0.2) is 36.3 Å². The van der Waals surface area contributed by atoms with Gasteiger partial charge in [0.15, 0.2) is 0 Å². The molecular weight excluding hydrogens is 341 g/mol. The van der Waals surface area contributed by atoms with Gasteiger partial charge >= 0.3 is 0 Å². The lowest BCUT2D eigenvalue weighted by molar-refractivity contribution is 0.0611. The number of nitriles is 1. The molecule has 2 aromatic carbocycles. The highest BCUT2D eigenvalue weighted by atomic mass is 19.1. The predicted octanol–water partition coefficient (Wildman–Crippen LogP) is 4.13. The maximum absolute atomic E-state index is 13.8. The maximum atomic E-state index is 13.8. The Hall–Kier alpha value is -2.71. The summed E-state index contributed by atoms with van der Waals surface area (Å²) in [5.74, 6) is -0.771. The second-order valence-electron chi connectivity index (χ2n) is 7.33. The smallest absolute Gasteiger partial charge is 0.254 e. The summed E-state index contributed by atoms with van der Waals surface area (Å²) in [5, 5.41) is 9.05. The van der Waals surface area contributed by atoms with Gasteiger partial charge in [-0.05, 0) is 62.7 Å². The standard InChI is InChI=1S/C22H24FN3O/c1-25(2)15-16-6-8-18(9-7-16)21-5-3-4-10-26(21)22(27)19-11-17(14-24)12-20(23)13-19/h6-9,11-13,21H,3-5,10,15H2,1-2H3/t21-/m1/s1. The summed E-state index contributed by atoms with van der Waals surface area (Å²) in [7, 11) is 4.06. The van der Waals surface area contributed by atoms with Crippen LogP contribution in [0.4, 0.5) is 4.39 Å². The van der Waals surface area contributed by atoms with Crippen LogP contribution >= 0.6 is 0 Å². The topological polar surface area (TPSA) is 47.3 Å². The average molecular weight is 365 g/mol. The van der Waals surface area contributed by atoms with Crippen molar-refractivity contribution in [2.45, 2.75) is 31.8 Å². The molecule has 0 N–H and O–H groups in total. The monoisotopic (exact) mass is 365 g/mol. The number of piperidine rings is 1. The zero-order chi connectivity index (χ0) is 19.4. The number of benzene rings is 2. The number of hydrogen-bond acceptors (Lipinski definition) is 3. The summed E-state index contributed by atoms with van der Waals surface area (Å²) in [6, 6.07) is 14.1. The number of carbonyl (C=O) groups is 1. The molecule has 0 radical (unpaired) electrons. The Balaban J connectivity index is 1.86. The third-order valence-corrected chi connectivity index (χ3v) is 4.90. The Kier molecular flexibility index (Phi) is 5.88. The molecule has 0 spiro atoms. The van der Waals surface area contributed by atoms with Gasteiger partial charge in [-0.1, -0.05) is 24.3 Å². The van der Waals surface area contributed by atoms with Crippen molar-refractivity contribution in [2.75, 3.05) is 20.6 Å². The Morgan fingerprint density at radius 3 is 2.63 bits per heavy atom. The molecule has 0 aliphatic carbocycles. The molecule has 4 nitrogen and oxygen atoms in total. The van der Waals surface area contributed by atoms with Crippen molar-refractivity contribution in [3.05, 3.63) is 70.5 Å². The van der Waals surface area contributed by atoms with Crippen molar-refractivity contribution in [3.63, 3.8) is 0 Å². The highest BCUT2D eigenvalue weighted by Crippen LogP contribution is 2.32. The first-order valence-electron chi connectivity index (χ1n) is 9.23. The second-order valence-corrected chi connectivity index (χ2v) is 7.33. The summed E-state index contributed by atoms with van der Waals surface area (Å²) in [4.78, 5) is 17.0. The van der Waals surface area contributed by atoms with Crippen LogP contribution in [0.1, 0.15) is 52.4 Å². The van der Waals surface area contributed by atoms with Crippen LogP contribution in [0.3, 0.4) is 0 Å². The number of halogens is 1. The van der Waals surface area contributed by atoms with Gasteiger partial charge in [-0.3, -0.25) is 4.79 Å².